The zero-order chi connectivity index (χ0) is 14.4. The number of carboxylic acids is 1. The van der Waals surface area contributed by atoms with E-state index in [1.54, 1.807) is 25.3 Å². The van der Waals surface area contributed by atoms with Crippen molar-refractivity contribution in [2.24, 2.45) is 5.92 Å². The molecule has 0 aliphatic carbocycles. The number of amides is 1. The number of nitrogens with zero attached hydrogens (tertiary/aromatic N) is 1. The Hall–Kier alpha value is -0.880. The van der Waals surface area contributed by atoms with E-state index in [1.807, 2.05) is 6.07 Å². The quantitative estimate of drug-likeness (QED) is 0.824. The maximum atomic E-state index is 11.8. The fourth-order valence-corrected chi connectivity index (χ4v) is 3.21. The predicted octanol–water partition coefficient (Wildman–Crippen LogP) is 3.01. The summed E-state index contributed by atoms with van der Waals surface area (Å²) in [5, 5.41) is 8.80. The summed E-state index contributed by atoms with van der Waals surface area (Å²) in [6, 6.07) is 4.05. The molecule has 1 rings (SSSR count). The Balaban J connectivity index is 2.28. The van der Waals surface area contributed by atoms with Crippen molar-refractivity contribution < 1.29 is 14.7 Å². The maximum Gasteiger partial charge on any atom is 0.308 e. The van der Waals surface area contributed by atoms with Gasteiger partial charge < -0.3 is 10.0 Å². The van der Waals surface area contributed by atoms with Gasteiger partial charge >= 0.3 is 5.97 Å². The molecule has 0 bridgehead atoms. The van der Waals surface area contributed by atoms with Crippen LogP contribution in [0.1, 0.15) is 24.6 Å². The fourth-order valence-electron chi connectivity index (χ4n) is 1.68. The molecule has 0 radical (unpaired) electrons. The number of thiophene rings is 1. The molecule has 1 heterocycles. The fraction of sp³-hybridized carbons (Fsp3) is 0.538. The molecule has 0 aliphatic rings. The van der Waals surface area contributed by atoms with E-state index in [4.69, 9.17) is 5.11 Å². The van der Waals surface area contributed by atoms with Crippen molar-refractivity contribution in [1.29, 1.82) is 0 Å². The molecular formula is C13H18BrNO3S. The highest BCUT2D eigenvalue weighted by atomic mass is 79.9. The Morgan fingerprint density at radius 3 is 2.68 bits per heavy atom. The highest BCUT2D eigenvalue weighted by Crippen LogP contribution is 2.23. The summed E-state index contributed by atoms with van der Waals surface area (Å²) in [5.41, 5.74) is 0. The van der Waals surface area contributed by atoms with E-state index in [-0.39, 0.29) is 12.5 Å². The number of hydrogen-bond acceptors (Lipinski definition) is 3. The second-order valence-corrected chi connectivity index (χ2v) is 7.12. The lowest BCUT2D eigenvalue weighted by molar-refractivity contribution is -0.142. The third-order valence-electron chi connectivity index (χ3n) is 2.84. The summed E-state index contributed by atoms with van der Waals surface area (Å²) in [7, 11) is 1.66. The molecule has 19 heavy (non-hydrogen) atoms. The van der Waals surface area contributed by atoms with E-state index in [2.05, 4.69) is 22.0 Å². The first-order valence-corrected chi connectivity index (χ1v) is 7.72. The molecule has 0 fully saturated rings. The molecule has 1 atom stereocenters. The lowest BCUT2D eigenvalue weighted by Crippen LogP contribution is -2.33. The summed E-state index contributed by atoms with van der Waals surface area (Å²) in [6.45, 7) is 1.87. The topological polar surface area (TPSA) is 57.6 Å². The van der Waals surface area contributed by atoms with E-state index in [1.165, 1.54) is 9.78 Å². The van der Waals surface area contributed by atoms with Crippen LogP contribution in [0.3, 0.4) is 0 Å². The van der Waals surface area contributed by atoms with Crippen LogP contribution in [0, 0.1) is 5.92 Å². The van der Waals surface area contributed by atoms with E-state index in [9.17, 15) is 9.59 Å². The van der Waals surface area contributed by atoms with Gasteiger partial charge in [0.25, 0.3) is 0 Å². The van der Waals surface area contributed by atoms with Gasteiger partial charge in [0.1, 0.15) is 0 Å². The Morgan fingerprint density at radius 1 is 1.47 bits per heavy atom. The summed E-state index contributed by atoms with van der Waals surface area (Å²) >= 11 is 5.08. The van der Waals surface area contributed by atoms with Gasteiger partial charge in [0.05, 0.1) is 9.70 Å². The Bertz CT molecular complexity index is 447. The van der Waals surface area contributed by atoms with E-state index in [0.29, 0.717) is 6.42 Å². The standard InChI is InChI=1S/C13H18BrNO3S/c1-9(13(17)18)8-15(2)12(16)5-3-4-10-6-7-11(14)19-10/h6-7,9H,3-5,8H2,1-2H3,(H,17,18). The molecule has 1 aromatic rings. The number of halogens is 1. The zero-order valence-electron chi connectivity index (χ0n) is 11.1. The number of carboxylic acid groups (broad SMARTS) is 1. The van der Waals surface area contributed by atoms with E-state index >= 15 is 0 Å². The largest absolute Gasteiger partial charge is 0.481 e. The molecule has 6 heteroatoms. The molecule has 106 valence electrons. The van der Waals surface area contributed by atoms with Crippen molar-refractivity contribution in [2.45, 2.75) is 26.2 Å². The van der Waals surface area contributed by atoms with Crippen LogP contribution in [-0.2, 0) is 16.0 Å². The molecular weight excluding hydrogens is 330 g/mol. The SMILES string of the molecule is CC(CN(C)C(=O)CCCc1ccc(Br)s1)C(=O)O. The minimum Gasteiger partial charge on any atom is -0.481 e. The first-order chi connectivity index (χ1) is 8.90. The van der Waals surface area contributed by atoms with E-state index < -0.39 is 11.9 Å². The molecule has 0 aliphatic heterocycles. The van der Waals surface area contributed by atoms with Gasteiger partial charge in [0.15, 0.2) is 0 Å². The first-order valence-electron chi connectivity index (χ1n) is 6.11. The van der Waals surface area contributed by atoms with Crippen molar-refractivity contribution in [3.05, 3.63) is 20.8 Å². The Morgan fingerprint density at radius 2 is 2.16 bits per heavy atom. The average Bonchev–Trinajstić information content (AvgIpc) is 2.74. The normalized spacial score (nSPS) is 12.2. The summed E-state index contributed by atoms with van der Waals surface area (Å²) < 4.78 is 1.10. The summed E-state index contributed by atoms with van der Waals surface area (Å²) in [6.07, 6.45) is 2.13. The van der Waals surface area contributed by atoms with Crippen molar-refractivity contribution in [3.8, 4) is 0 Å². The van der Waals surface area contributed by atoms with Gasteiger partial charge in [-0.05, 0) is 40.9 Å². The van der Waals surface area contributed by atoms with Crippen LogP contribution in [0.2, 0.25) is 0 Å². The third kappa shape index (κ3) is 5.74. The van der Waals surface area contributed by atoms with Gasteiger partial charge in [-0.1, -0.05) is 6.92 Å². The van der Waals surface area contributed by atoms with Crippen LogP contribution in [0.15, 0.2) is 15.9 Å². The number of hydrogen-bond donors (Lipinski definition) is 1. The Kier molecular flexibility index (Phi) is 6.51. The predicted molar refractivity (Wildman–Crippen MR) is 79.4 cm³/mol. The van der Waals surface area contributed by atoms with Gasteiger partial charge in [-0.2, -0.15) is 0 Å². The van der Waals surface area contributed by atoms with Crippen molar-refractivity contribution in [2.75, 3.05) is 13.6 Å². The molecule has 1 unspecified atom stereocenters. The van der Waals surface area contributed by atoms with Crippen LogP contribution in [0.4, 0.5) is 0 Å². The number of aryl methyl sites for hydroxylation is 1. The van der Waals surface area contributed by atoms with Gasteiger partial charge in [0, 0.05) is 24.9 Å². The summed E-state index contributed by atoms with van der Waals surface area (Å²) in [5.74, 6) is -1.39. The maximum absolute atomic E-state index is 11.8. The van der Waals surface area contributed by atoms with Crippen LogP contribution < -0.4 is 0 Å². The molecule has 1 aromatic heterocycles. The zero-order valence-corrected chi connectivity index (χ0v) is 13.5. The highest BCUT2D eigenvalue weighted by molar-refractivity contribution is 9.11. The van der Waals surface area contributed by atoms with Crippen molar-refractivity contribution in [1.82, 2.24) is 4.90 Å². The van der Waals surface area contributed by atoms with Crippen molar-refractivity contribution in [3.63, 3.8) is 0 Å². The molecule has 0 aromatic carbocycles. The second-order valence-electron chi connectivity index (χ2n) is 4.57. The van der Waals surface area contributed by atoms with Crippen LogP contribution in [-0.4, -0.2) is 35.5 Å². The van der Waals surface area contributed by atoms with Crippen molar-refractivity contribution >= 4 is 39.1 Å². The molecule has 1 amide bonds. The van der Waals surface area contributed by atoms with Crippen LogP contribution in [0.25, 0.3) is 0 Å². The highest BCUT2D eigenvalue weighted by Gasteiger charge is 2.16. The monoisotopic (exact) mass is 347 g/mol. The molecule has 1 N–H and O–H groups in total. The van der Waals surface area contributed by atoms with E-state index in [0.717, 1.165) is 16.6 Å². The number of carbonyl (C=O) groups is 2. The van der Waals surface area contributed by atoms with Gasteiger partial charge in [-0.3, -0.25) is 9.59 Å². The van der Waals surface area contributed by atoms with Gasteiger partial charge in [-0.25, -0.2) is 0 Å². The second kappa shape index (κ2) is 7.65. The third-order valence-corrected chi connectivity index (χ3v) is 4.52. The molecule has 0 spiro atoms. The average molecular weight is 348 g/mol. The molecule has 0 saturated carbocycles. The lowest BCUT2D eigenvalue weighted by atomic mass is 10.1. The molecule has 4 nitrogen and oxygen atoms in total. The lowest BCUT2D eigenvalue weighted by Gasteiger charge is -2.19. The smallest absolute Gasteiger partial charge is 0.308 e. The first kappa shape index (κ1) is 16.2. The number of rotatable bonds is 7. The minimum atomic E-state index is -0.872. The van der Waals surface area contributed by atoms with Gasteiger partial charge in [0.2, 0.25) is 5.91 Å². The Labute approximate surface area is 125 Å². The number of aliphatic carboxylic acids is 1. The number of carbonyl (C=O) groups excluding carboxylic acids is 1. The van der Waals surface area contributed by atoms with Crippen LogP contribution in [0.5, 0.6) is 0 Å². The van der Waals surface area contributed by atoms with Crippen LogP contribution >= 0.6 is 27.3 Å². The van der Waals surface area contributed by atoms with Gasteiger partial charge in [-0.15, -0.1) is 11.3 Å². The minimum absolute atomic E-state index is 0.00345. The molecule has 0 saturated heterocycles. The summed E-state index contributed by atoms with van der Waals surface area (Å²) in [4.78, 5) is 25.3.